The van der Waals surface area contributed by atoms with Gasteiger partial charge in [0, 0.05) is 17.4 Å². The number of hydrogen-bond donors (Lipinski definition) is 2. The summed E-state index contributed by atoms with van der Waals surface area (Å²) in [5.41, 5.74) is 5.60. The summed E-state index contributed by atoms with van der Waals surface area (Å²) >= 11 is 0.732. The number of rotatable bonds is 4. The van der Waals surface area contributed by atoms with Gasteiger partial charge in [0.15, 0.2) is 5.16 Å². The standard InChI is InChI=1S/C13H13F2N3OS/c1-2-3-8-6-11(19)18-13(17-8)20-12-9(14)4-7(16)5-10(12)15/h4-6H,2-3,16H2,1H3,(H,17,18,19). The number of nitrogens with zero attached hydrogens (tertiary/aromatic N) is 1. The molecule has 0 saturated heterocycles. The topological polar surface area (TPSA) is 71.8 Å². The summed E-state index contributed by atoms with van der Waals surface area (Å²) < 4.78 is 27.4. The Hall–Kier alpha value is -1.89. The summed E-state index contributed by atoms with van der Waals surface area (Å²) in [6.07, 6.45) is 1.45. The fraction of sp³-hybridized carbons (Fsp3) is 0.231. The van der Waals surface area contributed by atoms with Gasteiger partial charge in [0.2, 0.25) is 0 Å². The van der Waals surface area contributed by atoms with E-state index in [0.29, 0.717) is 12.1 Å². The first-order chi connectivity index (χ1) is 9.49. The van der Waals surface area contributed by atoms with Crippen molar-refractivity contribution in [2.45, 2.75) is 29.8 Å². The quantitative estimate of drug-likeness (QED) is 0.672. The van der Waals surface area contributed by atoms with Gasteiger partial charge in [-0.05, 0) is 30.3 Å². The van der Waals surface area contributed by atoms with Crippen molar-refractivity contribution in [2.75, 3.05) is 5.73 Å². The van der Waals surface area contributed by atoms with Crippen LogP contribution in [0, 0.1) is 11.6 Å². The van der Waals surface area contributed by atoms with Crippen LogP contribution in [0.1, 0.15) is 19.0 Å². The number of aryl methyl sites for hydroxylation is 1. The molecule has 0 spiro atoms. The molecule has 3 N–H and O–H groups in total. The Morgan fingerprint density at radius 1 is 1.30 bits per heavy atom. The van der Waals surface area contributed by atoms with E-state index in [1.807, 2.05) is 6.92 Å². The maximum Gasteiger partial charge on any atom is 0.251 e. The van der Waals surface area contributed by atoms with Gasteiger partial charge in [-0.15, -0.1) is 0 Å². The molecule has 4 nitrogen and oxygen atoms in total. The third-order valence-electron chi connectivity index (χ3n) is 2.50. The van der Waals surface area contributed by atoms with Crippen molar-refractivity contribution in [1.82, 2.24) is 9.97 Å². The number of nitrogens with two attached hydrogens (primary N) is 1. The van der Waals surface area contributed by atoms with E-state index >= 15 is 0 Å². The highest BCUT2D eigenvalue weighted by molar-refractivity contribution is 7.99. The van der Waals surface area contributed by atoms with Gasteiger partial charge >= 0.3 is 0 Å². The van der Waals surface area contributed by atoms with Gasteiger partial charge in [-0.2, -0.15) is 0 Å². The number of nitrogens with one attached hydrogen (secondary N) is 1. The summed E-state index contributed by atoms with van der Waals surface area (Å²) in [5.74, 6) is -1.56. The van der Waals surface area contributed by atoms with Crippen LogP contribution in [-0.2, 0) is 6.42 Å². The molecular weight excluding hydrogens is 284 g/mol. The Kier molecular flexibility index (Phi) is 4.39. The number of aromatic nitrogens is 2. The number of benzene rings is 1. The molecule has 2 aromatic rings. The lowest BCUT2D eigenvalue weighted by atomic mass is 10.2. The van der Waals surface area contributed by atoms with E-state index in [0.717, 1.165) is 30.3 Å². The molecule has 0 amide bonds. The molecule has 1 aromatic heterocycles. The predicted molar refractivity (Wildman–Crippen MR) is 73.7 cm³/mol. The monoisotopic (exact) mass is 297 g/mol. The van der Waals surface area contributed by atoms with Crippen molar-refractivity contribution in [2.24, 2.45) is 0 Å². The molecule has 20 heavy (non-hydrogen) atoms. The first kappa shape index (κ1) is 14.5. The number of halogens is 2. The van der Waals surface area contributed by atoms with Gasteiger partial charge in [0.25, 0.3) is 5.56 Å². The van der Waals surface area contributed by atoms with Crippen molar-refractivity contribution in [3.63, 3.8) is 0 Å². The molecule has 1 heterocycles. The van der Waals surface area contributed by atoms with Gasteiger partial charge in [-0.25, -0.2) is 13.8 Å². The average Bonchev–Trinajstić information content (AvgIpc) is 2.33. The molecule has 7 heteroatoms. The SMILES string of the molecule is CCCc1cc(=O)[nH]c(Sc2c(F)cc(N)cc2F)n1. The molecule has 0 bridgehead atoms. The molecular formula is C13H13F2N3OS. The predicted octanol–water partition coefficient (Wildman–Crippen LogP) is 2.73. The summed E-state index contributed by atoms with van der Waals surface area (Å²) in [6.45, 7) is 1.95. The zero-order chi connectivity index (χ0) is 14.7. The third-order valence-corrected chi connectivity index (χ3v) is 3.48. The van der Waals surface area contributed by atoms with Crippen molar-refractivity contribution in [3.8, 4) is 0 Å². The van der Waals surface area contributed by atoms with Crippen molar-refractivity contribution in [1.29, 1.82) is 0 Å². The Labute approximate surface area is 118 Å². The number of aromatic amines is 1. The van der Waals surface area contributed by atoms with E-state index < -0.39 is 11.6 Å². The van der Waals surface area contributed by atoms with Crippen LogP contribution in [-0.4, -0.2) is 9.97 Å². The van der Waals surface area contributed by atoms with Crippen LogP contribution in [0.2, 0.25) is 0 Å². The van der Waals surface area contributed by atoms with Crippen molar-refractivity contribution in [3.05, 3.63) is 45.9 Å². The Morgan fingerprint density at radius 3 is 2.55 bits per heavy atom. The zero-order valence-electron chi connectivity index (χ0n) is 10.7. The van der Waals surface area contributed by atoms with E-state index in [-0.39, 0.29) is 21.3 Å². The summed E-state index contributed by atoms with van der Waals surface area (Å²) in [4.78, 5) is 17.9. The first-order valence-corrected chi connectivity index (χ1v) is 6.84. The van der Waals surface area contributed by atoms with Crippen LogP contribution < -0.4 is 11.3 Å². The van der Waals surface area contributed by atoms with E-state index in [9.17, 15) is 13.6 Å². The number of H-pyrrole nitrogens is 1. The van der Waals surface area contributed by atoms with Gasteiger partial charge in [-0.3, -0.25) is 4.79 Å². The lowest BCUT2D eigenvalue weighted by molar-refractivity contribution is 0.541. The molecule has 0 fully saturated rings. The fourth-order valence-corrected chi connectivity index (χ4v) is 2.51. The van der Waals surface area contributed by atoms with Gasteiger partial charge < -0.3 is 10.7 Å². The molecule has 0 aliphatic rings. The average molecular weight is 297 g/mol. The molecule has 0 unspecified atom stereocenters. The van der Waals surface area contributed by atoms with Gasteiger partial charge in [-0.1, -0.05) is 13.3 Å². The summed E-state index contributed by atoms with van der Waals surface area (Å²) in [7, 11) is 0. The number of anilines is 1. The van der Waals surface area contributed by atoms with E-state index in [4.69, 9.17) is 5.73 Å². The third kappa shape index (κ3) is 3.36. The van der Waals surface area contributed by atoms with Crippen LogP contribution in [0.25, 0.3) is 0 Å². The highest BCUT2D eigenvalue weighted by atomic mass is 32.2. The van der Waals surface area contributed by atoms with Crippen LogP contribution >= 0.6 is 11.8 Å². The largest absolute Gasteiger partial charge is 0.399 e. The van der Waals surface area contributed by atoms with Gasteiger partial charge in [0.1, 0.15) is 11.6 Å². The van der Waals surface area contributed by atoms with Gasteiger partial charge in [0.05, 0.1) is 4.90 Å². The molecule has 0 aliphatic carbocycles. The smallest absolute Gasteiger partial charge is 0.251 e. The van der Waals surface area contributed by atoms with Crippen LogP contribution in [0.3, 0.4) is 0 Å². The Balaban J connectivity index is 2.37. The first-order valence-electron chi connectivity index (χ1n) is 6.02. The molecule has 0 saturated carbocycles. The minimum atomic E-state index is -0.781. The van der Waals surface area contributed by atoms with Crippen LogP contribution in [0.4, 0.5) is 14.5 Å². The van der Waals surface area contributed by atoms with E-state index in [1.54, 1.807) is 0 Å². The summed E-state index contributed by atoms with van der Waals surface area (Å²) in [5, 5.41) is 0.156. The second-order valence-electron chi connectivity index (χ2n) is 4.21. The highest BCUT2D eigenvalue weighted by Gasteiger charge is 2.14. The highest BCUT2D eigenvalue weighted by Crippen LogP contribution is 2.30. The normalized spacial score (nSPS) is 10.8. The second kappa shape index (κ2) is 6.04. The van der Waals surface area contributed by atoms with Crippen molar-refractivity contribution >= 4 is 17.4 Å². The number of nitrogen functional groups attached to an aromatic ring is 1. The lowest BCUT2D eigenvalue weighted by Crippen LogP contribution is -2.10. The molecule has 0 aliphatic heterocycles. The summed E-state index contributed by atoms with van der Waals surface area (Å²) in [6, 6.07) is 3.43. The molecule has 0 radical (unpaired) electrons. The lowest BCUT2D eigenvalue weighted by Gasteiger charge is -2.06. The fourth-order valence-electron chi connectivity index (χ4n) is 1.69. The zero-order valence-corrected chi connectivity index (χ0v) is 11.6. The molecule has 106 valence electrons. The van der Waals surface area contributed by atoms with E-state index in [1.165, 1.54) is 6.07 Å². The van der Waals surface area contributed by atoms with Crippen LogP contribution in [0.5, 0.6) is 0 Å². The number of hydrogen-bond acceptors (Lipinski definition) is 4. The van der Waals surface area contributed by atoms with E-state index in [2.05, 4.69) is 9.97 Å². The maximum absolute atomic E-state index is 13.7. The molecule has 2 rings (SSSR count). The Bertz CT molecular complexity index is 665. The maximum atomic E-state index is 13.7. The van der Waals surface area contributed by atoms with Crippen molar-refractivity contribution < 1.29 is 8.78 Å². The second-order valence-corrected chi connectivity index (χ2v) is 5.21. The van der Waals surface area contributed by atoms with Crippen LogP contribution in [0.15, 0.2) is 33.0 Å². The minimum Gasteiger partial charge on any atom is -0.399 e. The molecule has 0 atom stereocenters. The molecule has 1 aromatic carbocycles. The minimum absolute atomic E-state index is 0.00513. The Morgan fingerprint density at radius 2 is 1.95 bits per heavy atom.